The summed E-state index contributed by atoms with van der Waals surface area (Å²) in [5.74, 6) is 0.416. The van der Waals surface area contributed by atoms with E-state index >= 15 is 0 Å². The molecule has 1 unspecified atom stereocenters. The highest BCUT2D eigenvalue weighted by molar-refractivity contribution is 5.92. The van der Waals surface area contributed by atoms with E-state index in [-0.39, 0.29) is 11.8 Å². The number of rotatable bonds is 2. The Morgan fingerprint density at radius 3 is 2.64 bits per heavy atom. The first kappa shape index (κ1) is 13.0. The Hall–Kier alpha value is -2.75. The van der Waals surface area contributed by atoms with Gasteiger partial charge in [-0.1, -0.05) is 24.3 Å². The van der Waals surface area contributed by atoms with Crippen molar-refractivity contribution in [3.05, 3.63) is 60.4 Å². The topological polar surface area (TPSA) is 54.9 Å². The van der Waals surface area contributed by atoms with Crippen LogP contribution in [0, 0.1) is 0 Å². The number of pyridine rings is 2. The summed E-state index contributed by atoms with van der Waals surface area (Å²) in [6, 6.07) is 14.2. The fourth-order valence-electron chi connectivity index (χ4n) is 2.99. The zero-order chi connectivity index (χ0) is 14.9. The van der Waals surface area contributed by atoms with Gasteiger partial charge >= 0.3 is 0 Å². The van der Waals surface area contributed by atoms with Gasteiger partial charge in [-0.3, -0.25) is 14.8 Å². The molecule has 4 heteroatoms. The molecule has 1 amide bonds. The summed E-state index contributed by atoms with van der Waals surface area (Å²) in [5.41, 5.74) is 4.15. The Morgan fingerprint density at radius 2 is 1.86 bits per heavy atom. The fourth-order valence-corrected chi connectivity index (χ4v) is 2.99. The molecule has 1 N–H and O–H groups in total. The van der Waals surface area contributed by atoms with Gasteiger partial charge in [0, 0.05) is 42.2 Å². The number of aromatic nitrogens is 2. The number of hydrogen-bond donors (Lipinski definition) is 1. The van der Waals surface area contributed by atoms with E-state index in [1.165, 1.54) is 5.56 Å². The number of carbonyl (C=O) groups is 1. The lowest BCUT2D eigenvalue weighted by Crippen LogP contribution is -2.13. The van der Waals surface area contributed by atoms with E-state index in [0.29, 0.717) is 6.42 Å². The summed E-state index contributed by atoms with van der Waals surface area (Å²) in [4.78, 5) is 20.2. The number of nitrogens with zero attached hydrogens (tertiary/aromatic N) is 2. The maximum atomic E-state index is 11.3. The third-order valence-corrected chi connectivity index (χ3v) is 4.16. The Balaban J connectivity index is 1.72. The molecule has 22 heavy (non-hydrogen) atoms. The first-order valence-electron chi connectivity index (χ1n) is 7.38. The number of carbonyl (C=O) groups excluding carboxylic acids is 1. The molecule has 0 saturated carbocycles. The summed E-state index contributed by atoms with van der Waals surface area (Å²) in [6.45, 7) is 0.731. The van der Waals surface area contributed by atoms with E-state index in [4.69, 9.17) is 0 Å². The molecule has 4 nitrogen and oxygen atoms in total. The lowest BCUT2D eigenvalue weighted by atomic mass is 9.96. The lowest BCUT2D eigenvalue weighted by molar-refractivity contribution is -0.119. The third-order valence-electron chi connectivity index (χ3n) is 4.16. The summed E-state index contributed by atoms with van der Waals surface area (Å²) in [6.07, 6.45) is 4.16. The van der Waals surface area contributed by atoms with Crippen molar-refractivity contribution in [3.63, 3.8) is 0 Å². The Kier molecular flexibility index (Phi) is 3.07. The molecular weight excluding hydrogens is 274 g/mol. The van der Waals surface area contributed by atoms with Crippen LogP contribution in [-0.2, 0) is 4.79 Å². The van der Waals surface area contributed by atoms with Crippen LogP contribution in [0.2, 0.25) is 0 Å². The van der Waals surface area contributed by atoms with Crippen LogP contribution in [0.15, 0.2) is 54.9 Å². The van der Waals surface area contributed by atoms with Gasteiger partial charge in [-0.15, -0.1) is 0 Å². The van der Waals surface area contributed by atoms with Crippen molar-refractivity contribution in [2.75, 3.05) is 6.54 Å². The van der Waals surface area contributed by atoms with Gasteiger partial charge < -0.3 is 5.32 Å². The zero-order valence-corrected chi connectivity index (χ0v) is 12.0. The molecule has 1 saturated heterocycles. The number of nitrogens with one attached hydrogen (secondary N) is 1. The molecule has 2 aromatic heterocycles. The Bertz CT molecular complexity index is 837. The van der Waals surface area contributed by atoms with Crippen LogP contribution >= 0.6 is 0 Å². The monoisotopic (exact) mass is 289 g/mol. The highest BCUT2D eigenvalue weighted by Gasteiger charge is 2.22. The van der Waals surface area contributed by atoms with Crippen LogP contribution in [0.4, 0.5) is 0 Å². The second kappa shape index (κ2) is 5.22. The molecular formula is C18H15N3O. The van der Waals surface area contributed by atoms with Crippen LogP contribution in [0.5, 0.6) is 0 Å². The van der Waals surface area contributed by atoms with E-state index in [1.54, 1.807) is 12.4 Å². The van der Waals surface area contributed by atoms with E-state index < -0.39 is 0 Å². The van der Waals surface area contributed by atoms with Gasteiger partial charge in [-0.2, -0.15) is 0 Å². The smallest absolute Gasteiger partial charge is 0.220 e. The van der Waals surface area contributed by atoms with E-state index in [2.05, 4.69) is 39.6 Å². The summed E-state index contributed by atoms with van der Waals surface area (Å²) >= 11 is 0. The molecule has 1 aromatic carbocycles. The fraction of sp³-hybridized carbons (Fsp3) is 0.167. The molecule has 1 fully saturated rings. The number of benzene rings is 1. The van der Waals surface area contributed by atoms with Gasteiger partial charge in [0.05, 0.1) is 11.2 Å². The van der Waals surface area contributed by atoms with Crippen LogP contribution < -0.4 is 5.32 Å². The van der Waals surface area contributed by atoms with Crippen LogP contribution in [-0.4, -0.2) is 22.4 Å². The average Bonchev–Trinajstić information content (AvgIpc) is 3.01. The lowest BCUT2D eigenvalue weighted by Gasteiger charge is -2.09. The van der Waals surface area contributed by atoms with Crippen LogP contribution in [0.3, 0.4) is 0 Å². The van der Waals surface area contributed by atoms with E-state index in [9.17, 15) is 4.79 Å². The molecule has 1 aliphatic rings. The minimum absolute atomic E-state index is 0.135. The van der Waals surface area contributed by atoms with Crippen LogP contribution in [0.25, 0.3) is 22.2 Å². The molecule has 3 aromatic rings. The molecule has 3 heterocycles. The summed E-state index contributed by atoms with van der Waals surface area (Å²) < 4.78 is 0. The molecule has 4 rings (SSSR count). The van der Waals surface area contributed by atoms with Gasteiger partial charge in [0.15, 0.2) is 0 Å². The van der Waals surface area contributed by atoms with Gasteiger partial charge in [-0.25, -0.2) is 0 Å². The average molecular weight is 289 g/mol. The SMILES string of the molecule is O=C1CC(c2ccc(-c3nccc4ncccc34)cc2)CN1. The quantitative estimate of drug-likeness (QED) is 0.789. The van der Waals surface area contributed by atoms with Crippen molar-refractivity contribution < 1.29 is 4.79 Å². The first-order valence-corrected chi connectivity index (χ1v) is 7.38. The van der Waals surface area contributed by atoms with Gasteiger partial charge in [0.2, 0.25) is 5.91 Å². The van der Waals surface area contributed by atoms with E-state index in [1.807, 2.05) is 18.2 Å². The maximum absolute atomic E-state index is 11.3. The number of amides is 1. The van der Waals surface area contributed by atoms with Crippen molar-refractivity contribution in [3.8, 4) is 11.3 Å². The predicted molar refractivity (Wildman–Crippen MR) is 85.3 cm³/mol. The Labute approximate surface area is 128 Å². The summed E-state index contributed by atoms with van der Waals surface area (Å²) in [5, 5.41) is 3.93. The normalized spacial score (nSPS) is 17.6. The van der Waals surface area contributed by atoms with Gasteiger partial charge in [0.25, 0.3) is 0 Å². The number of fused-ring (bicyclic) bond motifs is 1. The van der Waals surface area contributed by atoms with Gasteiger partial charge in [0.1, 0.15) is 0 Å². The molecule has 0 radical (unpaired) electrons. The van der Waals surface area contributed by atoms with Crippen LogP contribution in [0.1, 0.15) is 17.9 Å². The molecule has 108 valence electrons. The standard InChI is InChI=1S/C18H15N3O/c22-17-10-14(11-21-17)12-3-5-13(6-4-12)18-15-2-1-8-19-16(15)7-9-20-18/h1-9,14H,10-11H2,(H,21,22). The zero-order valence-electron chi connectivity index (χ0n) is 12.0. The van der Waals surface area contributed by atoms with Crippen molar-refractivity contribution in [1.82, 2.24) is 15.3 Å². The van der Waals surface area contributed by atoms with Gasteiger partial charge in [-0.05, 0) is 23.8 Å². The second-order valence-corrected chi connectivity index (χ2v) is 5.56. The highest BCUT2D eigenvalue weighted by Crippen LogP contribution is 2.28. The summed E-state index contributed by atoms with van der Waals surface area (Å²) in [7, 11) is 0. The second-order valence-electron chi connectivity index (χ2n) is 5.56. The third kappa shape index (κ3) is 2.22. The molecule has 0 spiro atoms. The molecule has 0 bridgehead atoms. The van der Waals surface area contributed by atoms with Crippen molar-refractivity contribution >= 4 is 16.8 Å². The highest BCUT2D eigenvalue weighted by atomic mass is 16.1. The van der Waals surface area contributed by atoms with E-state index in [0.717, 1.165) is 28.7 Å². The molecule has 0 aliphatic carbocycles. The van der Waals surface area contributed by atoms with Crippen molar-refractivity contribution in [2.24, 2.45) is 0 Å². The van der Waals surface area contributed by atoms with Crippen molar-refractivity contribution in [1.29, 1.82) is 0 Å². The predicted octanol–water partition coefficient (Wildman–Crippen LogP) is 2.90. The first-order chi connectivity index (χ1) is 10.8. The van der Waals surface area contributed by atoms with Crippen molar-refractivity contribution in [2.45, 2.75) is 12.3 Å². The largest absolute Gasteiger partial charge is 0.355 e. The molecule has 1 aliphatic heterocycles. The Morgan fingerprint density at radius 1 is 1.00 bits per heavy atom. The molecule has 1 atom stereocenters. The maximum Gasteiger partial charge on any atom is 0.220 e. The minimum atomic E-state index is 0.135. The minimum Gasteiger partial charge on any atom is -0.355 e. The number of hydrogen-bond acceptors (Lipinski definition) is 3.